The Hall–Kier alpha value is -2.39. The van der Waals surface area contributed by atoms with Gasteiger partial charge in [-0.05, 0) is 30.7 Å². The number of aryl methyl sites for hydroxylation is 1. The molecule has 0 fully saturated rings. The fourth-order valence-corrected chi connectivity index (χ4v) is 3.04. The molecule has 0 bridgehead atoms. The van der Waals surface area contributed by atoms with Crippen molar-refractivity contribution < 1.29 is 17.8 Å². The molecule has 1 aromatic heterocycles. The van der Waals surface area contributed by atoms with Gasteiger partial charge in [0, 0.05) is 6.07 Å². The minimum atomic E-state index is -3.91. The molecule has 0 amide bonds. The van der Waals surface area contributed by atoms with E-state index in [0.717, 1.165) is 6.07 Å². The average Bonchev–Trinajstić information content (AvgIpc) is 2.88. The van der Waals surface area contributed by atoms with Gasteiger partial charge in [-0.15, -0.1) is 0 Å². The highest BCUT2D eigenvalue weighted by Crippen LogP contribution is 2.28. The summed E-state index contributed by atoms with van der Waals surface area (Å²) in [5.41, 5.74) is 5.31. The molecule has 112 valence electrons. The molecule has 0 radical (unpaired) electrons. The van der Waals surface area contributed by atoms with E-state index in [1.54, 1.807) is 12.1 Å². The molecule has 0 saturated carbocycles. The van der Waals surface area contributed by atoms with Gasteiger partial charge in [-0.2, -0.15) is 0 Å². The molecule has 21 heavy (non-hydrogen) atoms. The molecule has 0 aliphatic carbocycles. The number of benzene rings is 1. The smallest absolute Gasteiger partial charge is 0.293 e. The molecular weight excluding hydrogens is 298 g/mol. The number of nitro benzene ring substituents is 1. The van der Waals surface area contributed by atoms with Crippen molar-refractivity contribution in [1.82, 2.24) is 4.72 Å². The maximum Gasteiger partial charge on any atom is 0.293 e. The van der Waals surface area contributed by atoms with Crippen LogP contribution in [0.15, 0.2) is 39.8 Å². The van der Waals surface area contributed by atoms with Crippen molar-refractivity contribution in [3.8, 4) is 0 Å². The molecule has 3 N–H and O–H groups in total. The largest absolute Gasteiger partial charge is 0.468 e. The average molecular weight is 311 g/mol. The molecule has 1 heterocycles. The fourth-order valence-electron chi connectivity index (χ4n) is 1.80. The summed E-state index contributed by atoms with van der Waals surface area (Å²) >= 11 is 0. The number of hydrogen-bond acceptors (Lipinski definition) is 6. The van der Waals surface area contributed by atoms with E-state index in [4.69, 9.17) is 10.2 Å². The van der Waals surface area contributed by atoms with Gasteiger partial charge >= 0.3 is 0 Å². The van der Waals surface area contributed by atoms with Gasteiger partial charge < -0.3 is 10.2 Å². The highest BCUT2D eigenvalue weighted by atomic mass is 32.2. The number of nitrogens with one attached hydrogen (secondary N) is 1. The lowest BCUT2D eigenvalue weighted by Crippen LogP contribution is -2.24. The third-order valence-corrected chi connectivity index (χ3v) is 4.37. The Morgan fingerprint density at radius 1 is 1.43 bits per heavy atom. The molecule has 8 nitrogen and oxygen atoms in total. The Kier molecular flexibility index (Phi) is 3.96. The van der Waals surface area contributed by atoms with Crippen LogP contribution in [0, 0.1) is 17.0 Å². The van der Waals surface area contributed by atoms with Crippen LogP contribution in [-0.4, -0.2) is 13.3 Å². The zero-order valence-corrected chi connectivity index (χ0v) is 11.9. The fraction of sp³-hybridized carbons (Fsp3) is 0.167. The van der Waals surface area contributed by atoms with Crippen LogP contribution in [0.1, 0.15) is 11.3 Å². The maximum atomic E-state index is 12.2. The van der Waals surface area contributed by atoms with Crippen LogP contribution in [0.3, 0.4) is 0 Å². The maximum absolute atomic E-state index is 12.2. The summed E-state index contributed by atoms with van der Waals surface area (Å²) in [5, 5.41) is 10.9. The van der Waals surface area contributed by atoms with Crippen molar-refractivity contribution in [3.05, 3.63) is 52.0 Å². The van der Waals surface area contributed by atoms with Gasteiger partial charge in [-0.1, -0.05) is 0 Å². The van der Waals surface area contributed by atoms with E-state index in [1.807, 2.05) is 0 Å². The minimum absolute atomic E-state index is 0.0487. The number of rotatable bonds is 5. The number of nitrogens with two attached hydrogens (primary N) is 1. The normalized spacial score (nSPS) is 11.5. The van der Waals surface area contributed by atoms with Crippen molar-refractivity contribution in [2.24, 2.45) is 0 Å². The number of nitro groups is 1. The van der Waals surface area contributed by atoms with Crippen LogP contribution in [0.25, 0.3) is 0 Å². The van der Waals surface area contributed by atoms with Crippen LogP contribution in [0.2, 0.25) is 0 Å². The number of anilines is 1. The van der Waals surface area contributed by atoms with Gasteiger partial charge in [0.1, 0.15) is 11.4 Å². The SMILES string of the molecule is Cc1cc(N)c([N+](=O)[O-])cc1S(=O)(=O)NCc1ccco1. The van der Waals surface area contributed by atoms with Gasteiger partial charge in [0.2, 0.25) is 10.0 Å². The number of nitrogens with zero attached hydrogens (tertiary/aromatic N) is 1. The Morgan fingerprint density at radius 2 is 2.14 bits per heavy atom. The Labute approximate surface area is 120 Å². The van der Waals surface area contributed by atoms with Gasteiger partial charge in [-0.25, -0.2) is 13.1 Å². The third-order valence-electron chi connectivity index (χ3n) is 2.83. The molecule has 2 rings (SSSR count). The number of hydrogen-bond donors (Lipinski definition) is 2. The highest BCUT2D eigenvalue weighted by Gasteiger charge is 2.23. The van der Waals surface area contributed by atoms with Crippen molar-refractivity contribution in [2.75, 3.05) is 5.73 Å². The van der Waals surface area contributed by atoms with Crippen LogP contribution in [0.5, 0.6) is 0 Å². The Morgan fingerprint density at radius 3 is 2.71 bits per heavy atom. The standard InChI is InChI=1S/C12H13N3O5S/c1-8-5-10(13)11(15(16)17)6-12(8)21(18,19)14-7-9-3-2-4-20-9/h2-6,14H,7,13H2,1H3. The first-order valence-corrected chi connectivity index (χ1v) is 7.36. The first-order valence-electron chi connectivity index (χ1n) is 5.88. The molecule has 0 saturated heterocycles. The Balaban J connectivity index is 2.35. The van der Waals surface area contributed by atoms with Crippen LogP contribution in [0.4, 0.5) is 11.4 Å². The number of furan rings is 1. The molecular formula is C12H13N3O5S. The van der Waals surface area contributed by atoms with Crippen LogP contribution < -0.4 is 10.5 Å². The van der Waals surface area contributed by atoms with Gasteiger partial charge in [0.25, 0.3) is 5.69 Å². The van der Waals surface area contributed by atoms with Crippen molar-refractivity contribution in [2.45, 2.75) is 18.4 Å². The lowest BCUT2D eigenvalue weighted by atomic mass is 10.2. The second-order valence-electron chi connectivity index (χ2n) is 4.34. The van der Waals surface area contributed by atoms with E-state index in [9.17, 15) is 18.5 Å². The summed E-state index contributed by atoms with van der Waals surface area (Å²) in [4.78, 5) is 9.95. The third kappa shape index (κ3) is 3.20. The first-order chi connectivity index (χ1) is 9.81. The topological polar surface area (TPSA) is 128 Å². The molecule has 0 atom stereocenters. The molecule has 9 heteroatoms. The Bertz CT molecular complexity index is 768. The van der Waals surface area contributed by atoms with E-state index in [1.165, 1.54) is 19.3 Å². The van der Waals surface area contributed by atoms with Crippen molar-refractivity contribution in [3.63, 3.8) is 0 Å². The monoisotopic (exact) mass is 311 g/mol. The lowest BCUT2D eigenvalue weighted by Gasteiger charge is -2.09. The minimum Gasteiger partial charge on any atom is -0.468 e. The quantitative estimate of drug-likeness (QED) is 0.490. The summed E-state index contributed by atoms with van der Waals surface area (Å²) in [5.74, 6) is 0.432. The van der Waals surface area contributed by atoms with E-state index in [0.29, 0.717) is 11.3 Å². The second kappa shape index (κ2) is 5.54. The second-order valence-corrected chi connectivity index (χ2v) is 6.07. The molecule has 0 unspecified atom stereocenters. The number of nitrogen functional groups attached to an aromatic ring is 1. The zero-order chi connectivity index (χ0) is 15.6. The molecule has 0 aliphatic heterocycles. The van der Waals surface area contributed by atoms with E-state index in [2.05, 4.69) is 4.72 Å². The summed E-state index contributed by atoms with van der Waals surface area (Å²) in [7, 11) is -3.91. The molecule has 0 spiro atoms. The lowest BCUT2D eigenvalue weighted by molar-refractivity contribution is -0.384. The van der Waals surface area contributed by atoms with Crippen molar-refractivity contribution in [1.29, 1.82) is 0 Å². The van der Waals surface area contributed by atoms with Crippen LogP contribution >= 0.6 is 0 Å². The number of sulfonamides is 1. The summed E-state index contributed by atoms with van der Waals surface area (Å²) < 4.78 is 31.8. The predicted octanol–water partition coefficient (Wildman–Crippen LogP) is 1.56. The van der Waals surface area contributed by atoms with Crippen LogP contribution in [-0.2, 0) is 16.6 Å². The van der Waals surface area contributed by atoms with E-state index < -0.39 is 20.6 Å². The predicted molar refractivity (Wildman–Crippen MR) is 75.0 cm³/mol. The molecule has 2 aromatic rings. The summed E-state index contributed by atoms with van der Waals surface area (Å²) in [6, 6.07) is 5.46. The van der Waals surface area contributed by atoms with Gasteiger partial charge in [-0.3, -0.25) is 10.1 Å². The van der Waals surface area contributed by atoms with Gasteiger partial charge in [0.15, 0.2) is 0 Å². The highest BCUT2D eigenvalue weighted by molar-refractivity contribution is 7.89. The van der Waals surface area contributed by atoms with Gasteiger partial charge in [0.05, 0.1) is 22.6 Å². The van der Waals surface area contributed by atoms with E-state index >= 15 is 0 Å². The van der Waals surface area contributed by atoms with Crippen molar-refractivity contribution >= 4 is 21.4 Å². The first kappa shape index (κ1) is 15.0. The molecule has 1 aromatic carbocycles. The molecule has 0 aliphatic rings. The zero-order valence-electron chi connectivity index (χ0n) is 11.1. The van der Waals surface area contributed by atoms with E-state index in [-0.39, 0.29) is 17.1 Å². The summed E-state index contributed by atoms with van der Waals surface area (Å²) in [6.45, 7) is 1.47. The summed E-state index contributed by atoms with van der Waals surface area (Å²) in [6.07, 6.45) is 1.42.